The lowest BCUT2D eigenvalue weighted by Gasteiger charge is -2.10. The molecule has 0 aromatic heterocycles. The van der Waals surface area contributed by atoms with E-state index in [9.17, 15) is 4.79 Å². The number of rotatable bonds is 6. The van der Waals surface area contributed by atoms with E-state index in [-0.39, 0.29) is 12.6 Å². The summed E-state index contributed by atoms with van der Waals surface area (Å²) in [5.74, 6) is -0.364. The highest BCUT2D eigenvalue weighted by atomic mass is 16.5. The van der Waals surface area contributed by atoms with Gasteiger partial charge in [-0.3, -0.25) is 4.79 Å². The predicted molar refractivity (Wildman–Crippen MR) is 62.5 cm³/mol. The van der Waals surface area contributed by atoms with Crippen molar-refractivity contribution in [2.45, 2.75) is 25.5 Å². The molecule has 16 heavy (non-hydrogen) atoms. The molecule has 1 aromatic rings. The minimum absolute atomic E-state index is 0.274. The van der Waals surface area contributed by atoms with Gasteiger partial charge >= 0.3 is 5.97 Å². The van der Waals surface area contributed by atoms with Crippen molar-refractivity contribution in [2.24, 2.45) is 11.5 Å². The van der Waals surface area contributed by atoms with Gasteiger partial charge in [0.25, 0.3) is 0 Å². The Morgan fingerprint density at radius 1 is 1.31 bits per heavy atom. The molecule has 0 bridgehead atoms. The molecule has 0 aliphatic heterocycles. The number of nitrogens with two attached hydrogens (primary N) is 2. The van der Waals surface area contributed by atoms with Gasteiger partial charge in [-0.15, -0.1) is 0 Å². The van der Waals surface area contributed by atoms with Crippen molar-refractivity contribution in [3.8, 4) is 0 Å². The number of ether oxygens (including phenoxy) is 1. The van der Waals surface area contributed by atoms with Crippen LogP contribution in [0.3, 0.4) is 0 Å². The first kappa shape index (κ1) is 12.7. The highest BCUT2D eigenvalue weighted by Crippen LogP contribution is 2.03. The van der Waals surface area contributed by atoms with Crippen LogP contribution >= 0.6 is 0 Å². The van der Waals surface area contributed by atoms with Crippen molar-refractivity contribution in [1.29, 1.82) is 0 Å². The molecule has 0 aliphatic rings. The summed E-state index contributed by atoms with van der Waals surface area (Å²) in [5, 5.41) is 0. The van der Waals surface area contributed by atoms with Gasteiger partial charge in [-0.1, -0.05) is 30.3 Å². The van der Waals surface area contributed by atoms with E-state index >= 15 is 0 Å². The molecule has 0 aliphatic carbocycles. The highest BCUT2D eigenvalue weighted by Gasteiger charge is 2.13. The van der Waals surface area contributed by atoms with Crippen LogP contribution in [-0.2, 0) is 16.1 Å². The Balaban J connectivity index is 2.29. The van der Waals surface area contributed by atoms with Crippen LogP contribution in [0.2, 0.25) is 0 Å². The van der Waals surface area contributed by atoms with E-state index in [0.29, 0.717) is 13.0 Å². The first-order valence-corrected chi connectivity index (χ1v) is 5.40. The summed E-state index contributed by atoms with van der Waals surface area (Å²) < 4.78 is 5.08. The van der Waals surface area contributed by atoms with Gasteiger partial charge in [-0.25, -0.2) is 0 Å². The third-order valence-electron chi connectivity index (χ3n) is 2.25. The van der Waals surface area contributed by atoms with Gasteiger partial charge in [0.2, 0.25) is 0 Å². The van der Waals surface area contributed by atoms with Crippen molar-refractivity contribution < 1.29 is 9.53 Å². The largest absolute Gasteiger partial charge is 0.460 e. The Kier molecular flexibility index (Phi) is 5.53. The smallest absolute Gasteiger partial charge is 0.323 e. The lowest BCUT2D eigenvalue weighted by Crippen LogP contribution is -2.32. The molecule has 4 N–H and O–H groups in total. The first-order valence-electron chi connectivity index (χ1n) is 5.40. The Morgan fingerprint density at radius 2 is 2.00 bits per heavy atom. The molecule has 0 saturated heterocycles. The van der Waals surface area contributed by atoms with E-state index in [0.717, 1.165) is 12.0 Å². The van der Waals surface area contributed by atoms with Gasteiger partial charge in [0.05, 0.1) is 0 Å². The second kappa shape index (κ2) is 6.98. The zero-order valence-corrected chi connectivity index (χ0v) is 9.26. The SMILES string of the molecule is NCCC[C@H](N)C(=O)OCc1ccccc1. The van der Waals surface area contributed by atoms with Gasteiger partial charge in [0.15, 0.2) is 0 Å². The van der Waals surface area contributed by atoms with Crippen LogP contribution in [-0.4, -0.2) is 18.6 Å². The van der Waals surface area contributed by atoms with Crippen molar-refractivity contribution in [1.82, 2.24) is 0 Å². The lowest BCUT2D eigenvalue weighted by molar-refractivity contribution is -0.146. The zero-order chi connectivity index (χ0) is 11.8. The standard InChI is InChI=1S/C12H18N2O2/c13-8-4-7-11(14)12(15)16-9-10-5-2-1-3-6-10/h1-3,5-6,11H,4,7-9,13-14H2/t11-/m0/s1. The molecule has 4 nitrogen and oxygen atoms in total. The summed E-state index contributed by atoms with van der Waals surface area (Å²) in [4.78, 5) is 11.4. The summed E-state index contributed by atoms with van der Waals surface area (Å²) in [5.41, 5.74) is 11.9. The Hall–Kier alpha value is -1.39. The maximum Gasteiger partial charge on any atom is 0.323 e. The van der Waals surface area contributed by atoms with Crippen molar-refractivity contribution >= 4 is 5.97 Å². The van der Waals surface area contributed by atoms with Gasteiger partial charge in [-0.2, -0.15) is 0 Å². The minimum Gasteiger partial charge on any atom is -0.460 e. The molecular formula is C12H18N2O2. The maximum atomic E-state index is 11.4. The van der Waals surface area contributed by atoms with Crippen LogP contribution in [0.1, 0.15) is 18.4 Å². The zero-order valence-electron chi connectivity index (χ0n) is 9.26. The Bertz CT molecular complexity index is 314. The van der Waals surface area contributed by atoms with Gasteiger partial charge < -0.3 is 16.2 Å². The topological polar surface area (TPSA) is 78.3 Å². The molecule has 0 amide bonds. The molecule has 0 spiro atoms. The monoisotopic (exact) mass is 222 g/mol. The average molecular weight is 222 g/mol. The molecular weight excluding hydrogens is 204 g/mol. The number of benzene rings is 1. The Morgan fingerprint density at radius 3 is 2.62 bits per heavy atom. The molecule has 1 aromatic carbocycles. The third-order valence-corrected chi connectivity index (χ3v) is 2.25. The van der Waals surface area contributed by atoms with E-state index in [4.69, 9.17) is 16.2 Å². The number of carbonyl (C=O) groups is 1. The van der Waals surface area contributed by atoms with Gasteiger partial charge in [0.1, 0.15) is 12.6 Å². The number of carbonyl (C=O) groups excluding carboxylic acids is 1. The average Bonchev–Trinajstić information content (AvgIpc) is 2.34. The van der Waals surface area contributed by atoms with E-state index in [1.165, 1.54) is 0 Å². The fraction of sp³-hybridized carbons (Fsp3) is 0.417. The van der Waals surface area contributed by atoms with Crippen molar-refractivity contribution in [3.63, 3.8) is 0 Å². The van der Waals surface area contributed by atoms with Crippen molar-refractivity contribution in [2.75, 3.05) is 6.54 Å². The number of hydrogen-bond acceptors (Lipinski definition) is 4. The summed E-state index contributed by atoms with van der Waals surface area (Å²) in [6.07, 6.45) is 1.31. The van der Waals surface area contributed by atoms with E-state index in [1.54, 1.807) is 0 Å². The predicted octanol–water partition coefficient (Wildman–Crippen LogP) is 0.796. The third kappa shape index (κ3) is 4.42. The molecule has 1 atom stereocenters. The molecule has 0 saturated carbocycles. The van der Waals surface area contributed by atoms with Crippen LogP contribution in [0, 0.1) is 0 Å². The van der Waals surface area contributed by atoms with Gasteiger partial charge in [0, 0.05) is 0 Å². The maximum absolute atomic E-state index is 11.4. The highest BCUT2D eigenvalue weighted by molar-refractivity contribution is 5.75. The molecule has 1 rings (SSSR count). The molecule has 0 radical (unpaired) electrons. The van der Waals surface area contributed by atoms with E-state index in [2.05, 4.69) is 0 Å². The van der Waals surface area contributed by atoms with E-state index < -0.39 is 6.04 Å². The fourth-order valence-corrected chi connectivity index (χ4v) is 1.29. The first-order chi connectivity index (χ1) is 7.74. The molecule has 0 unspecified atom stereocenters. The van der Waals surface area contributed by atoms with Gasteiger partial charge in [-0.05, 0) is 24.9 Å². The number of hydrogen-bond donors (Lipinski definition) is 2. The summed E-state index contributed by atoms with van der Waals surface area (Å²) >= 11 is 0. The molecule has 4 heteroatoms. The summed E-state index contributed by atoms with van der Waals surface area (Å²) in [6, 6.07) is 8.96. The van der Waals surface area contributed by atoms with E-state index in [1.807, 2.05) is 30.3 Å². The summed E-state index contributed by atoms with van der Waals surface area (Å²) in [7, 11) is 0. The summed E-state index contributed by atoms with van der Waals surface area (Å²) in [6.45, 7) is 0.815. The normalized spacial score (nSPS) is 12.1. The quantitative estimate of drug-likeness (QED) is 0.698. The van der Waals surface area contributed by atoms with Crippen molar-refractivity contribution in [3.05, 3.63) is 35.9 Å². The second-order valence-electron chi connectivity index (χ2n) is 3.63. The van der Waals surface area contributed by atoms with Crippen LogP contribution in [0.25, 0.3) is 0 Å². The van der Waals surface area contributed by atoms with Crippen LogP contribution in [0.4, 0.5) is 0 Å². The number of esters is 1. The molecule has 0 fully saturated rings. The fourth-order valence-electron chi connectivity index (χ4n) is 1.29. The molecule has 88 valence electrons. The minimum atomic E-state index is -0.563. The van der Waals surface area contributed by atoms with Crippen LogP contribution in [0.5, 0.6) is 0 Å². The molecule has 0 heterocycles. The lowest BCUT2D eigenvalue weighted by atomic mass is 10.2. The second-order valence-corrected chi connectivity index (χ2v) is 3.63. The van der Waals surface area contributed by atoms with Crippen LogP contribution < -0.4 is 11.5 Å². The van der Waals surface area contributed by atoms with Crippen LogP contribution in [0.15, 0.2) is 30.3 Å². The Labute approximate surface area is 95.6 Å².